The zero-order valence-corrected chi connectivity index (χ0v) is 18.5. The fourth-order valence-corrected chi connectivity index (χ4v) is 4.56. The van der Waals surface area contributed by atoms with E-state index in [-0.39, 0.29) is 23.5 Å². The van der Waals surface area contributed by atoms with Gasteiger partial charge in [-0.3, -0.25) is 19.7 Å². The average Bonchev–Trinajstić information content (AvgIpc) is 3.16. The van der Waals surface area contributed by atoms with E-state index in [1.54, 1.807) is 36.4 Å². The summed E-state index contributed by atoms with van der Waals surface area (Å²) < 4.78 is 5.91. The Hall–Kier alpha value is -3.98. The Balaban J connectivity index is 1.24. The molecule has 0 aliphatic carbocycles. The standard InChI is InChI=1S/C25H24N4O5/c30-24(18-3-7-21(8-4-18)29(32)33)26-19-5-1-17(2-6-19)22-9-10-23(34-22)25(31)28-16-15-27-13-11-20(28)12-14-27/h1-10,20H,11-16H2,(H,26,30). The number of rotatable bonds is 5. The summed E-state index contributed by atoms with van der Waals surface area (Å²) in [5.74, 6) is 0.494. The van der Waals surface area contributed by atoms with Crippen LogP contribution in [0.1, 0.15) is 33.8 Å². The molecule has 0 unspecified atom stereocenters. The third-order valence-corrected chi connectivity index (χ3v) is 6.50. The number of benzene rings is 2. The molecule has 0 radical (unpaired) electrons. The minimum atomic E-state index is -0.510. The molecule has 3 aliphatic rings. The number of carbonyl (C=O) groups excluding carboxylic acids is 2. The van der Waals surface area contributed by atoms with E-state index in [0.717, 1.165) is 44.6 Å². The van der Waals surface area contributed by atoms with Crippen LogP contribution in [0.5, 0.6) is 0 Å². The van der Waals surface area contributed by atoms with Crippen LogP contribution in [0.25, 0.3) is 11.3 Å². The van der Waals surface area contributed by atoms with Gasteiger partial charge in [0.15, 0.2) is 5.76 Å². The number of furan rings is 1. The minimum Gasteiger partial charge on any atom is -0.451 e. The van der Waals surface area contributed by atoms with Crippen LogP contribution in [0.3, 0.4) is 0 Å². The summed E-state index contributed by atoms with van der Waals surface area (Å²) in [6.07, 6.45) is 2.01. The van der Waals surface area contributed by atoms with Crippen LogP contribution < -0.4 is 5.32 Å². The maximum absolute atomic E-state index is 13.1. The summed E-state index contributed by atoms with van der Waals surface area (Å²) in [7, 11) is 0. The van der Waals surface area contributed by atoms with Gasteiger partial charge >= 0.3 is 0 Å². The third kappa shape index (κ3) is 4.42. The largest absolute Gasteiger partial charge is 0.451 e. The molecule has 1 N–H and O–H groups in total. The first-order chi connectivity index (χ1) is 16.5. The molecule has 3 fully saturated rings. The number of hydrogen-bond donors (Lipinski definition) is 1. The second kappa shape index (κ2) is 9.11. The van der Waals surface area contributed by atoms with Gasteiger partial charge in [0.05, 0.1) is 4.92 Å². The number of carbonyl (C=O) groups is 2. The molecule has 6 rings (SSSR count). The highest BCUT2D eigenvalue weighted by molar-refractivity contribution is 6.04. The summed E-state index contributed by atoms with van der Waals surface area (Å²) in [4.78, 5) is 40.1. The van der Waals surface area contributed by atoms with Gasteiger partial charge in [0.2, 0.25) is 0 Å². The average molecular weight is 460 g/mol. The first-order valence-corrected chi connectivity index (χ1v) is 11.3. The van der Waals surface area contributed by atoms with E-state index in [0.29, 0.717) is 22.8 Å². The number of hydrogen-bond acceptors (Lipinski definition) is 6. The summed E-state index contributed by atoms with van der Waals surface area (Å²) in [5, 5.41) is 13.5. The van der Waals surface area contributed by atoms with Crippen molar-refractivity contribution in [2.45, 2.75) is 18.9 Å². The van der Waals surface area contributed by atoms with Crippen LogP contribution in [0.2, 0.25) is 0 Å². The monoisotopic (exact) mass is 460 g/mol. The van der Waals surface area contributed by atoms with E-state index in [1.165, 1.54) is 24.3 Å². The zero-order chi connectivity index (χ0) is 23.7. The van der Waals surface area contributed by atoms with Gasteiger partial charge < -0.3 is 19.5 Å². The Bertz CT molecular complexity index is 1210. The van der Waals surface area contributed by atoms with Gasteiger partial charge in [0, 0.05) is 61.2 Å². The predicted octanol–water partition coefficient (Wildman–Crippen LogP) is 4.03. The number of nitrogens with zero attached hydrogens (tertiary/aromatic N) is 3. The van der Waals surface area contributed by atoms with Crippen molar-refractivity contribution in [2.75, 3.05) is 31.5 Å². The smallest absolute Gasteiger partial charge is 0.289 e. The van der Waals surface area contributed by atoms with Gasteiger partial charge in [-0.2, -0.15) is 0 Å². The normalized spacial score (nSPS) is 19.5. The second-order valence-electron chi connectivity index (χ2n) is 8.57. The Morgan fingerprint density at radius 2 is 1.62 bits per heavy atom. The fraction of sp³-hybridized carbons (Fsp3) is 0.280. The van der Waals surface area contributed by atoms with Crippen molar-refractivity contribution in [3.8, 4) is 11.3 Å². The molecule has 4 heterocycles. The van der Waals surface area contributed by atoms with Crippen molar-refractivity contribution < 1.29 is 18.9 Å². The molecule has 3 aliphatic heterocycles. The highest BCUT2D eigenvalue weighted by Gasteiger charge is 2.33. The van der Waals surface area contributed by atoms with E-state index in [9.17, 15) is 19.7 Å². The molecule has 9 heteroatoms. The van der Waals surface area contributed by atoms with Crippen LogP contribution in [0.4, 0.5) is 11.4 Å². The maximum atomic E-state index is 13.1. The van der Waals surface area contributed by atoms with Gasteiger partial charge in [-0.25, -0.2) is 0 Å². The van der Waals surface area contributed by atoms with Gasteiger partial charge in [-0.05, 0) is 61.4 Å². The van der Waals surface area contributed by atoms with E-state index in [1.807, 2.05) is 4.90 Å². The van der Waals surface area contributed by atoms with Gasteiger partial charge in [0.1, 0.15) is 5.76 Å². The molecular weight excluding hydrogens is 436 g/mol. The molecule has 9 nitrogen and oxygen atoms in total. The lowest BCUT2D eigenvalue weighted by atomic mass is 10.1. The Kier molecular flexibility index (Phi) is 5.85. The molecule has 0 spiro atoms. The highest BCUT2D eigenvalue weighted by Crippen LogP contribution is 2.27. The lowest BCUT2D eigenvalue weighted by Crippen LogP contribution is -2.41. The lowest BCUT2D eigenvalue weighted by Gasteiger charge is -2.30. The zero-order valence-electron chi connectivity index (χ0n) is 18.5. The molecule has 2 aromatic carbocycles. The lowest BCUT2D eigenvalue weighted by molar-refractivity contribution is -0.384. The van der Waals surface area contributed by atoms with Crippen molar-refractivity contribution in [3.63, 3.8) is 0 Å². The number of nitro benzene ring substituents is 1. The van der Waals surface area contributed by atoms with Gasteiger partial charge in [-0.1, -0.05) is 0 Å². The summed E-state index contributed by atoms with van der Waals surface area (Å²) in [5.41, 5.74) is 1.61. The Morgan fingerprint density at radius 3 is 2.29 bits per heavy atom. The molecule has 0 atom stereocenters. The van der Waals surface area contributed by atoms with E-state index in [4.69, 9.17) is 4.42 Å². The van der Waals surface area contributed by atoms with Gasteiger partial charge in [-0.15, -0.1) is 0 Å². The quantitative estimate of drug-likeness (QED) is 0.455. The molecule has 174 valence electrons. The van der Waals surface area contributed by atoms with E-state index in [2.05, 4.69) is 10.2 Å². The second-order valence-corrected chi connectivity index (χ2v) is 8.57. The minimum absolute atomic E-state index is 0.0630. The first-order valence-electron chi connectivity index (χ1n) is 11.3. The third-order valence-electron chi connectivity index (χ3n) is 6.50. The van der Waals surface area contributed by atoms with Crippen molar-refractivity contribution in [1.29, 1.82) is 0 Å². The van der Waals surface area contributed by atoms with Crippen molar-refractivity contribution >= 4 is 23.2 Å². The number of amides is 2. The first kappa shape index (κ1) is 21.8. The summed E-state index contributed by atoms with van der Waals surface area (Å²) >= 11 is 0. The molecule has 0 saturated carbocycles. The van der Waals surface area contributed by atoms with Crippen molar-refractivity contribution in [1.82, 2.24) is 9.80 Å². The Morgan fingerprint density at radius 1 is 0.912 bits per heavy atom. The molecule has 1 aromatic heterocycles. The molecule has 3 saturated heterocycles. The number of fused-ring (bicyclic) bond motifs is 4. The van der Waals surface area contributed by atoms with Crippen LogP contribution in [-0.2, 0) is 0 Å². The number of nitrogens with one attached hydrogen (secondary N) is 1. The van der Waals surface area contributed by atoms with E-state index >= 15 is 0 Å². The Labute approximate surface area is 196 Å². The summed E-state index contributed by atoms with van der Waals surface area (Å²) in [6, 6.07) is 16.3. The maximum Gasteiger partial charge on any atom is 0.289 e. The molecule has 34 heavy (non-hydrogen) atoms. The summed E-state index contributed by atoms with van der Waals surface area (Å²) in [6.45, 7) is 3.72. The van der Waals surface area contributed by atoms with Crippen LogP contribution in [-0.4, -0.2) is 58.8 Å². The molecule has 3 aromatic rings. The van der Waals surface area contributed by atoms with Crippen molar-refractivity contribution in [2.24, 2.45) is 0 Å². The van der Waals surface area contributed by atoms with E-state index < -0.39 is 4.92 Å². The van der Waals surface area contributed by atoms with Gasteiger partial charge in [0.25, 0.3) is 17.5 Å². The number of non-ortho nitro benzene ring substituents is 1. The predicted molar refractivity (Wildman–Crippen MR) is 126 cm³/mol. The molecular formula is C25H24N4O5. The molecule has 2 bridgehead atoms. The van der Waals surface area contributed by atoms with Crippen LogP contribution in [0, 0.1) is 10.1 Å². The SMILES string of the molecule is O=C(Nc1ccc(-c2ccc(C(=O)N3CCN4CCC3CC4)o2)cc1)c1ccc([N+](=O)[O-])cc1. The molecule has 2 amide bonds. The fourth-order valence-electron chi connectivity index (χ4n) is 4.56. The highest BCUT2D eigenvalue weighted by atomic mass is 16.6. The number of piperidine rings is 1. The number of anilines is 1. The van der Waals surface area contributed by atoms with Crippen LogP contribution >= 0.6 is 0 Å². The topological polar surface area (TPSA) is 109 Å². The number of nitro groups is 1. The van der Waals surface area contributed by atoms with Crippen molar-refractivity contribution in [3.05, 3.63) is 82.1 Å². The van der Waals surface area contributed by atoms with Crippen LogP contribution in [0.15, 0.2) is 65.1 Å².